The molecule has 0 aliphatic heterocycles. The molecule has 0 radical (unpaired) electrons. The zero-order valence-corrected chi connectivity index (χ0v) is 18.5. The molecule has 2 amide bonds. The normalized spacial score (nSPS) is 15.1. The highest BCUT2D eigenvalue weighted by molar-refractivity contribution is 5.88. The van der Waals surface area contributed by atoms with E-state index in [4.69, 9.17) is 4.74 Å². The predicted octanol–water partition coefficient (Wildman–Crippen LogP) is 4.36. The van der Waals surface area contributed by atoms with Crippen LogP contribution >= 0.6 is 0 Å². The van der Waals surface area contributed by atoms with E-state index >= 15 is 0 Å². The van der Waals surface area contributed by atoms with Crippen molar-refractivity contribution in [1.82, 2.24) is 10.2 Å². The van der Waals surface area contributed by atoms with E-state index in [1.165, 1.54) is 6.42 Å². The zero-order valence-electron chi connectivity index (χ0n) is 18.5. The summed E-state index contributed by atoms with van der Waals surface area (Å²) in [6, 6.07) is 19.1. The van der Waals surface area contributed by atoms with E-state index in [9.17, 15) is 9.59 Å². The Morgan fingerprint density at radius 2 is 1.65 bits per heavy atom. The maximum absolute atomic E-state index is 13.2. The maximum Gasteiger partial charge on any atom is 0.261 e. The maximum atomic E-state index is 13.2. The highest BCUT2D eigenvalue weighted by Gasteiger charge is 2.30. The van der Waals surface area contributed by atoms with Crippen molar-refractivity contribution in [2.24, 2.45) is 0 Å². The molecule has 5 heteroatoms. The van der Waals surface area contributed by atoms with Crippen molar-refractivity contribution in [2.75, 3.05) is 13.2 Å². The summed E-state index contributed by atoms with van der Waals surface area (Å²) in [4.78, 5) is 28.0. The second-order valence-corrected chi connectivity index (χ2v) is 8.19. The third-order valence-electron chi connectivity index (χ3n) is 5.93. The van der Waals surface area contributed by atoms with Crippen molar-refractivity contribution < 1.29 is 14.3 Å². The molecule has 0 spiro atoms. The Morgan fingerprint density at radius 3 is 2.29 bits per heavy atom. The number of rotatable bonds is 10. The van der Waals surface area contributed by atoms with E-state index in [1.807, 2.05) is 67.6 Å². The molecule has 0 bridgehead atoms. The Labute approximate surface area is 185 Å². The number of nitrogens with one attached hydrogen (secondary N) is 1. The highest BCUT2D eigenvalue weighted by atomic mass is 16.5. The molecule has 0 aromatic heterocycles. The first-order chi connectivity index (χ1) is 15.2. The lowest BCUT2D eigenvalue weighted by Gasteiger charge is -2.32. The summed E-state index contributed by atoms with van der Waals surface area (Å²) >= 11 is 0. The molecule has 1 N–H and O–H groups in total. The van der Waals surface area contributed by atoms with Crippen LogP contribution in [0.4, 0.5) is 0 Å². The molecule has 166 valence electrons. The summed E-state index contributed by atoms with van der Waals surface area (Å²) in [5.74, 6) is 0.444. The molecule has 2 aromatic carbocycles. The minimum atomic E-state index is -0.488. The van der Waals surface area contributed by atoms with Crippen molar-refractivity contribution >= 4 is 11.8 Å². The number of para-hydroxylation sites is 1. The number of hydrogen-bond donors (Lipinski definition) is 1. The first kappa shape index (κ1) is 22.9. The van der Waals surface area contributed by atoms with Gasteiger partial charge in [0.1, 0.15) is 11.8 Å². The second kappa shape index (κ2) is 12.1. The van der Waals surface area contributed by atoms with Gasteiger partial charge in [-0.15, -0.1) is 0 Å². The molecular formula is C26H34N2O3. The number of carbonyl (C=O) groups excluding carboxylic acids is 2. The van der Waals surface area contributed by atoms with Gasteiger partial charge in [-0.25, -0.2) is 0 Å². The molecule has 0 saturated heterocycles. The zero-order chi connectivity index (χ0) is 21.9. The van der Waals surface area contributed by atoms with Crippen molar-refractivity contribution in [3.05, 3.63) is 66.2 Å². The van der Waals surface area contributed by atoms with Crippen LogP contribution in [0.25, 0.3) is 0 Å². The fourth-order valence-corrected chi connectivity index (χ4v) is 4.18. The third-order valence-corrected chi connectivity index (χ3v) is 5.93. The summed E-state index contributed by atoms with van der Waals surface area (Å²) in [5.41, 5.74) is 1.15. The molecule has 1 saturated carbocycles. The number of ether oxygens (including phenoxy) is 1. The smallest absolute Gasteiger partial charge is 0.261 e. The predicted molar refractivity (Wildman–Crippen MR) is 123 cm³/mol. The van der Waals surface area contributed by atoms with E-state index in [-0.39, 0.29) is 24.5 Å². The monoisotopic (exact) mass is 422 g/mol. The summed E-state index contributed by atoms with van der Waals surface area (Å²) in [7, 11) is 0. The Morgan fingerprint density at radius 1 is 1.00 bits per heavy atom. The number of carbonyl (C=O) groups is 2. The number of amides is 2. The first-order valence-electron chi connectivity index (χ1n) is 11.5. The summed E-state index contributed by atoms with van der Waals surface area (Å²) < 4.78 is 5.70. The van der Waals surface area contributed by atoms with Gasteiger partial charge in [-0.2, -0.15) is 0 Å². The van der Waals surface area contributed by atoms with E-state index in [2.05, 4.69) is 5.32 Å². The quantitative estimate of drug-likeness (QED) is 0.619. The number of benzene rings is 2. The lowest BCUT2D eigenvalue weighted by Crippen LogP contribution is -2.53. The van der Waals surface area contributed by atoms with Gasteiger partial charge in [-0.3, -0.25) is 9.59 Å². The Hall–Kier alpha value is -2.82. The topological polar surface area (TPSA) is 58.6 Å². The minimum absolute atomic E-state index is 0.0458. The Balaban J connectivity index is 1.68. The van der Waals surface area contributed by atoms with Crippen LogP contribution in [-0.2, 0) is 16.0 Å². The Kier molecular flexibility index (Phi) is 8.95. The summed E-state index contributed by atoms with van der Waals surface area (Å²) in [6.45, 7) is 2.37. The van der Waals surface area contributed by atoms with Crippen LogP contribution < -0.4 is 10.1 Å². The van der Waals surface area contributed by atoms with Gasteiger partial charge in [-0.1, -0.05) is 74.7 Å². The van der Waals surface area contributed by atoms with Crippen molar-refractivity contribution in [3.63, 3.8) is 0 Å². The average molecular weight is 423 g/mol. The Bertz CT molecular complexity index is 804. The van der Waals surface area contributed by atoms with E-state index in [0.29, 0.717) is 25.1 Å². The second-order valence-electron chi connectivity index (χ2n) is 8.19. The molecule has 1 aliphatic rings. The van der Waals surface area contributed by atoms with E-state index < -0.39 is 6.04 Å². The molecule has 0 heterocycles. The van der Waals surface area contributed by atoms with Crippen LogP contribution in [0, 0.1) is 0 Å². The average Bonchev–Trinajstić information content (AvgIpc) is 2.82. The van der Waals surface area contributed by atoms with E-state index in [0.717, 1.165) is 31.2 Å². The summed E-state index contributed by atoms with van der Waals surface area (Å²) in [5, 5.41) is 3.20. The molecule has 1 aliphatic carbocycles. The van der Waals surface area contributed by atoms with E-state index in [1.54, 1.807) is 4.90 Å². The fourth-order valence-electron chi connectivity index (χ4n) is 4.18. The van der Waals surface area contributed by atoms with Crippen LogP contribution in [0.15, 0.2) is 60.7 Å². The molecular weight excluding hydrogens is 388 g/mol. The van der Waals surface area contributed by atoms with Crippen LogP contribution in [0.1, 0.15) is 51.0 Å². The SMILES string of the molecule is CC[C@@H](C(=O)NC1CCCCC1)N(CCc1ccccc1)C(=O)COc1ccccc1. The summed E-state index contributed by atoms with van der Waals surface area (Å²) in [6.07, 6.45) is 6.87. The van der Waals surface area contributed by atoms with Gasteiger partial charge >= 0.3 is 0 Å². The fraction of sp³-hybridized carbons (Fsp3) is 0.462. The third kappa shape index (κ3) is 7.12. The lowest BCUT2D eigenvalue weighted by atomic mass is 9.95. The van der Waals surface area contributed by atoms with Crippen molar-refractivity contribution in [3.8, 4) is 5.75 Å². The van der Waals surface area contributed by atoms with Gasteiger partial charge in [0.05, 0.1) is 0 Å². The molecule has 0 unspecified atom stereocenters. The lowest BCUT2D eigenvalue weighted by molar-refractivity contribution is -0.142. The van der Waals surface area contributed by atoms with Crippen LogP contribution in [-0.4, -0.2) is 41.9 Å². The molecule has 1 atom stereocenters. The van der Waals surface area contributed by atoms with Gasteiger partial charge in [-0.05, 0) is 43.4 Å². The van der Waals surface area contributed by atoms with Gasteiger partial charge in [0.15, 0.2) is 6.61 Å². The molecule has 1 fully saturated rings. The van der Waals surface area contributed by atoms with Crippen molar-refractivity contribution in [1.29, 1.82) is 0 Å². The molecule has 5 nitrogen and oxygen atoms in total. The van der Waals surface area contributed by atoms with Gasteiger partial charge < -0.3 is 15.0 Å². The standard InChI is InChI=1S/C26H34N2O3/c1-2-24(26(30)27-22-14-8-4-9-15-22)28(19-18-21-12-6-3-7-13-21)25(29)20-31-23-16-10-5-11-17-23/h3,5-7,10-13,16-17,22,24H,2,4,8-9,14-15,18-20H2,1H3,(H,27,30)/t24-/m0/s1. The van der Waals surface area contributed by atoms with Crippen LogP contribution in [0.5, 0.6) is 5.75 Å². The van der Waals surface area contributed by atoms with Crippen molar-refractivity contribution in [2.45, 2.75) is 64.0 Å². The molecule has 31 heavy (non-hydrogen) atoms. The van der Waals surface area contributed by atoms with Gasteiger partial charge in [0, 0.05) is 12.6 Å². The van der Waals surface area contributed by atoms with Crippen LogP contribution in [0.3, 0.4) is 0 Å². The van der Waals surface area contributed by atoms with Gasteiger partial charge in [0.2, 0.25) is 5.91 Å². The first-order valence-corrected chi connectivity index (χ1v) is 11.5. The minimum Gasteiger partial charge on any atom is -0.484 e. The molecule has 3 rings (SSSR count). The largest absolute Gasteiger partial charge is 0.484 e. The number of nitrogens with zero attached hydrogens (tertiary/aromatic N) is 1. The number of hydrogen-bond acceptors (Lipinski definition) is 3. The van der Waals surface area contributed by atoms with Crippen LogP contribution in [0.2, 0.25) is 0 Å². The van der Waals surface area contributed by atoms with Gasteiger partial charge in [0.25, 0.3) is 5.91 Å². The highest BCUT2D eigenvalue weighted by Crippen LogP contribution is 2.18. The molecule has 2 aromatic rings.